The number of hydrogen-bond donors (Lipinski definition) is 0. The number of nitrogens with zero attached hydrogens (tertiary/aromatic N) is 3. The number of thioether (sulfide) groups is 1. The first-order valence-electron chi connectivity index (χ1n) is 14.3. The van der Waals surface area contributed by atoms with Crippen molar-refractivity contribution in [2.75, 3.05) is 18.8 Å². The molecule has 36 heavy (non-hydrogen) atoms. The Bertz CT molecular complexity index is 1170. The summed E-state index contributed by atoms with van der Waals surface area (Å²) in [5.41, 5.74) is 4.45. The standard InChI is InChI=1S/C30H39N3O2S/c34-25(32-18-10-3-11-19-32)21-36-29-31-27-24-15-7-6-12-22(24)20-30(16-8-2-9-17-30)26(27)28(35)33(29)23-13-4-1-5-14-23/h6-7,12,15,23H,1-5,8-11,13-14,16-21H2. The first kappa shape index (κ1) is 24.3. The molecular formula is C30H39N3O2S. The van der Waals surface area contributed by atoms with Crippen LogP contribution in [0.1, 0.15) is 101 Å². The Hall–Kier alpha value is -2.08. The number of piperidine rings is 1. The summed E-state index contributed by atoms with van der Waals surface area (Å²) in [7, 11) is 0. The van der Waals surface area contributed by atoms with Crippen molar-refractivity contribution in [1.82, 2.24) is 14.5 Å². The second kappa shape index (κ2) is 10.4. The van der Waals surface area contributed by atoms with E-state index in [0.29, 0.717) is 5.75 Å². The number of hydrogen-bond acceptors (Lipinski definition) is 4. The predicted molar refractivity (Wildman–Crippen MR) is 146 cm³/mol. The molecule has 1 spiro atoms. The minimum atomic E-state index is -0.0880. The van der Waals surface area contributed by atoms with Gasteiger partial charge in [0.2, 0.25) is 5.91 Å². The van der Waals surface area contributed by atoms with E-state index >= 15 is 0 Å². The number of carbonyl (C=O) groups excluding carboxylic acids is 1. The van der Waals surface area contributed by atoms with Gasteiger partial charge in [-0.25, -0.2) is 4.98 Å². The largest absolute Gasteiger partial charge is 0.342 e. The van der Waals surface area contributed by atoms with Crippen LogP contribution in [-0.2, 0) is 16.6 Å². The van der Waals surface area contributed by atoms with Gasteiger partial charge in [-0.3, -0.25) is 14.2 Å². The Morgan fingerprint density at radius 3 is 2.42 bits per heavy atom. The summed E-state index contributed by atoms with van der Waals surface area (Å²) < 4.78 is 2.05. The van der Waals surface area contributed by atoms with Crippen LogP contribution >= 0.6 is 11.8 Å². The summed E-state index contributed by atoms with van der Waals surface area (Å²) in [5.74, 6) is 0.552. The van der Waals surface area contributed by atoms with Gasteiger partial charge in [0.1, 0.15) is 0 Å². The predicted octanol–water partition coefficient (Wildman–Crippen LogP) is 6.28. The van der Waals surface area contributed by atoms with Crippen molar-refractivity contribution in [3.05, 3.63) is 45.7 Å². The lowest BCUT2D eigenvalue weighted by Gasteiger charge is -2.42. The topological polar surface area (TPSA) is 55.2 Å². The Balaban J connectivity index is 1.45. The summed E-state index contributed by atoms with van der Waals surface area (Å²) in [5, 5.41) is 0.763. The molecule has 0 unspecified atom stereocenters. The summed E-state index contributed by atoms with van der Waals surface area (Å²) in [4.78, 5) is 35.0. The lowest BCUT2D eigenvalue weighted by atomic mass is 9.62. The molecule has 2 saturated carbocycles. The van der Waals surface area contributed by atoms with Crippen LogP contribution in [-0.4, -0.2) is 39.2 Å². The van der Waals surface area contributed by atoms with Crippen LogP contribution in [0.25, 0.3) is 11.3 Å². The second-order valence-corrected chi connectivity index (χ2v) is 12.4. The fraction of sp³-hybridized carbons (Fsp3) is 0.633. The number of rotatable bonds is 4. The van der Waals surface area contributed by atoms with Gasteiger partial charge in [0.15, 0.2) is 5.16 Å². The maximum atomic E-state index is 14.6. The number of carbonyl (C=O) groups is 1. The molecule has 2 aromatic rings. The average Bonchev–Trinajstić information content (AvgIpc) is 2.93. The van der Waals surface area contributed by atoms with Crippen molar-refractivity contribution in [2.45, 2.75) is 107 Å². The third-order valence-electron chi connectivity index (χ3n) is 9.20. The lowest BCUT2D eigenvalue weighted by molar-refractivity contribution is -0.129. The Morgan fingerprint density at radius 2 is 1.64 bits per heavy atom. The second-order valence-electron chi connectivity index (χ2n) is 11.5. The van der Waals surface area contributed by atoms with E-state index in [2.05, 4.69) is 28.8 Å². The van der Waals surface area contributed by atoms with E-state index in [1.807, 2.05) is 4.90 Å². The van der Waals surface area contributed by atoms with Gasteiger partial charge in [0.05, 0.1) is 17.0 Å². The van der Waals surface area contributed by atoms with Gasteiger partial charge in [0, 0.05) is 30.1 Å². The lowest BCUT2D eigenvalue weighted by Crippen LogP contribution is -2.44. The number of likely N-dealkylation sites (tertiary alicyclic amines) is 1. The fourth-order valence-corrected chi connectivity index (χ4v) is 8.29. The fourth-order valence-electron chi connectivity index (χ4n) is 7.32. The highest BCUT2D eigenvalue weighted by Gasteiger charge is 2.44. The van der Waals surface area contributed by atoms with Crippen molar-refractivity contribution >= 4 is 17.7 Å². The zero-order valence-corrected chi connectivity index (χ0v) is 22.3. The van der Waals surface area contributed by atoms with E-state index in [0.717, 1.165) is 80.0 Å². The average molecular weight is 506 g/mol. The van der Waals surface area contributed by atoms with E-state index in [-0.39, 0.29) is 22.9 Å². The smallest absolute Gasteiger partial charge is 0.258 e. The van der Waals surface area contributed by atoms with E-state index in [4.69, 9.17) is 4.98 Å². The number of fused-ring (bicyclic) bond motifs is 4. The Labute approximate surface area is 219 Å². The van der Waals surface area contributed by atoms with Crippen molar-refractivity contribution < 1.29 is 4.79 Å². The molecule has 1 aromatic carbocycles. The van der Waals surface area contributed by atoms with Crippen LogP contribution in [0.2, 0.25) is 0 Å². The van der Waals surface area contributed by atoms with Crippen molar-refractivity contribution in [2.24, 2.45) is 0 Å². The molecule has 3 fully saturated rings. The van der Waals surface area contributed by atoms with Crippen LogP contribution in [0.5, 0.6) is 0 Å². The van der Waals surface area contributed by atoms with Crippen LogP contribution < -0.4 is 5.56 Å². The molecule has 1 aliphatic heterocycles. The van der Waals surface area contributed by atoms with Crippen LogP contribution in [0.15, 0.2) is 34.2 Å². The van der Waals surface area contributed by atoms with E-state index in [1.54, 1.807) is 0 Å². The van der Waals surface area contributed by atoms with E-state index < -0.39 is 0 Å². The molecule has 6 rings (SSSR count). The van der Waals surface area contributed by atoms with Gasteiger partial charge in [-0.05, 0) is 56.9 Å². The SMILES string of the molecule is O=C(CSc1nc2c(c(=O)n1C1CCCCC1)C1(CCCCC1)Cc1ccccc1-2)N1CCCCC1. The molecule has 2 heterocycles. The summed E-state index contributed by atoms with van der Waals surface area (Å²) in [6.07, 6.45) is 15.8. The molecule has 0 N–H and O–H groups in total. The normalized spacial score (nSPS) is 21.7. The third-order valence-corrected chi connectivity index (χ3v) is 10.1. The molecule has 1 saturated heterocycles. The minimum Gasteiger partial charge on any atom is -0.342 e. The molecule has 1 amide bonds. The van der Waals surface area contributed by atoms with Crippen LogP contribution in [0.3, 0.4) is 0 Å². The van der Waals surface area contributed by atoms with Gasteiger partial charge in [-0.1, -0.05) is 74.6 Å². The zero-order chi connectivity index (χ0) is 24.5. The zero-order valence-electron chi connectivity index (χ0n) is 21.5. The van der Waals surface area contributed by atoms with Crippen LogP contribution in [0, 0.1) is 0 Å². The van der Waals surface area contributed by atoms with Crippen LogP contribution in [0.4, 0.5) is 0 Å². The molecule has 0 atom stereocenters. The highest BCUT2D eigenvalue weighted by Crippen LogP contribution is 2.49. The molecule has 0 bridgehead atoms. The van der Waals surface area contributed by atoms with Crippen molar-refractivity contribution in [3.8, 4) is 11.3 Å². The highest BCUT2D eigenvalue weighted by atomic mass is 32.2. The van der Waals surface area contributed by atoms with Gasteiger partial charge in [0.25, 0.3) is 5.56 Å². The van der Waals surface area contributed by atoms with Gasteiger partial charge in [-0.15, -0.1) is 0 Å². The summed E-state index contributed by atoms with van der Waals surface area (Å²) >= 11 is 1.50. The Morgan fingerprint density at radius 1 is 0.944 bits per heavy atom. The molecule has 192 valence electrons. The minimum absolute atomic E-state index is 0.0880. The molecule has 5 nitrogen and oxygen atoms in total. The quantitative estimate of drug-likeness (QED) is 0.363. The number of benzene rings is 1. The Kier molecular flexibility index (Phi) is 6.98. The first-order chi connectivity index (χ1) is 17.7. The van der Waals surface area contributed by atoms with E-state index in [1.165, 1.54) is 62.3 Å². The number of aromatic nitrogens is 2. The maximum Gasteiger partial charge on any atom is 0.258 e. The third kappa shape index (κ3) is 4.44. The van der Waals surface area contributed by atoms with E-state index in [9.17, 15) is 9.59 Å². The molecule has 3 aliphatic carbocycles. The highest BCUT2D eigenvalue weighted by molar-refractivity contribution is 7.99. The molecule has 0 radical (unpaired) electrons. The molecule has 1 aromatic heterocycles. The summed E-state index contributed by atoms with van der Waals surface area (Å²) in [6, 6.07) is 8.78. The monoisotopic (exact) mass is 505 g/mol. The first-order valence-corrected chi connectivity index (χ1v) is 15.3. The molecular weight excluding hydrogens is 466 g/mol. The summed E-state index contributed by atoms with van der Waals surface area (Å²) in [6.45, 7) is 1.73. The van der Waals surface area contributed by atoms with Crippen molar-refractivity contribution in [3.63, 3.8) is 0 Å². The van der Waals surface area contributed by atoms with Gasteiger partial charge >= 0.3 is 0 Å². The molecule has 4 aliphatic rings. The number of amides is 1. The van der Waals surface area contributed by atoms with Gasteiger partial charge < -0.3 is 4.90 Å². The van der Waals surface area contributed by atoms with Gasteiger partial charge in [-0.2, -0.15) is 0 Å². The maximum absolute atomic E-state index is 14.6. The van der Waals surface area contributed by atoms with Crippen molar-refractivity contribution in [1.29, 1.82) is 0 Å². The molecule has 6 heteroatoms.